The van der Waals surface area contributed by atoms with Gasteiger partial charge in [0.1, 0.15) is 0 Å². The van der Waals surface area contributed by atoms with Crippen LogP contribution < -0.4 is 0 Å². The average molecular weight is 337 g/mol. The van der Waals surface area contributed by atoms with Crippen molar-refractivity contribution in [1.29, 1.82) is 0 Å². The summed E-state index contributed by atoms with van der Waals surface area (Å²) in [5.74, 6) is 0.822. The molecule has 0 aromatic heterocycles. The lowest BCUT2D eigenvalue weighted by molar-refractivity contribution is 0.370. The van der Waals surface area contributed by atoms with Crippen LogP contribution in [0.5, 0.6) is 0 Å². The molecule has 1 aromatic carbocycles. The second-order valence-electron chi connectivity index (χ2n) is 8.25. The SMILES string of the molecule is C=C(c1ccccc1)[C@]12CCC[C@H]1CC(CCCCCC)=C2CCC. The van der Waals surface area contributed by atoms with Crippen molar-refractivity contribution in [3.63, 3.8) is 0 Å². The van der Waals surface area contributed by atoms with Crippen LogP contribution in [-0.4, -0.2) is 0 Å². The summed E-state index contributed by atoms with van der Waals surface area (Å²) in [6, 6.07) is 11.0. The van der Waals surface area contributed by atoms with Gasteiger partial charge in [-0.3, -0.25) is 0 Å². The molecule has 0 unspecified atom stereocenters. The van der Waals surface area contributed by atoms with Gasteiger partial charge in [-0.05, 0) is 55.6 Å². The lowest BCUT2D eigenvalue weighted by Gasteiger charge is -2.36. The van der Waals surface area contributed by atoms with Gasteiger partial charge in [-0.15, -0.1) is 0 Å². The van der Waals surface area contributed by atoms with Gasteiger partial charge in [0.05, 0.1) is 0 Å². The number of rotatable bonds is 9. The van der Waals surface area contributed by atoms with Crippen molar-refractivity contribution in [2.75, 3.05) is 0 Å². The fourth-order valence-corrected chi connectivity index (χ4v) is 5.63. The van der Waals surface area contributed by atoms with Crippen molar-refractivity contribution in [3.05, 3.63) is 53.6 Å². The number of allylic oxidation sites excluding steroid dienone is 3. The summed E-state index contributed by atoms with van der Waals surface area (Å²) in [6.45, 7) is 9.34. The Labute approximate surface area is 155 Å². The molecule has 3 rings (SSSR count). The van der Waals surface area contributed by atoms with Crippen LogP contribution >= 0.6 is 0 Å². The highest BCUT2D eigenvalue weighted by atomic mass is 14.6. The topological polar surface area (TPSA) is 0 Å². The van der Waals surface area contributed by atoms with Crippen LogP contribution in [0.2, 0.25) is 0 Å². The normalized spacial score (nSPS) is 25.4. The molecule has 1 saturated carbocycles. The van der Waals surface area contributed by atoms with Crippen LogP contribution in [0, 0.1) is 11.3 Å². The van der Waals surface area contributed by atoms with E-state index < -0.39 is 0 Å². The van der Waals surface area contributed by atoms with Crippen LogP contribution in [0.15, 0.2) is 48.1 Å². The van der Waals surface area contributed by atoms with E-state index in [4.69, 9.17) is 0 Å². The molecule has 0 radical (unpaired) electrons. The molecule has 0 bridgehead atoms. The molecule has 0 heteroatoms. The van der Waals surface area contributed by atoms with Gasteiger partial charge in [-0.25, -0.2) is 0 Å². The Morgan fingerprint density at radius 3 is 2.56 bits per heavy atom. The lowest BCUT2D eigenvalue weighted by Crippen LogP contribution is -2.25. The first-order valence-corrected chi connectivity index (χ1v) is 10.7. The monoisotopic (exact) mass is 336 g/mol. The zero-order valence-electron chi connectivity index (χ0n) is 16.4. The van der Waals surface area contributed by atoms with Gasteiger partial charge in [-0.2, -0.15) is 0 Å². The Kier molecular flexibility index (Phi) is 6.20. The number of unbranched alkanes of at least 4 members (excludes halogenated alkanes) is 3. The van der Waals surface area contributed by atoms with Crippen molar-refractivity contribution in [3.8, 4) is 0 Å². The first kappa shape index (κ1) is 18.5. The number of fused-ring (bicyclic) bond motifs is 1. The van der Waals surface area contributed by atoms with E-state index in [9.17, 15) is 0 Å². The zero-order chi connectivity index (χ0) is 17.7. The summed E-state index contributed by atoms with van der Waals surface area (Å²) < 4.78 is 0. The molecule has 2 atom stereocenters. The number of hydrogen-bond acceptors (Lipinski definition) is 0. The van der Waals surface area contributed by atoms with Gasteiger partial charge in [0.15, 0.2) is 0 Å². The highest BCUT2D eigenvalue weighted by Gasteiger charge is 2.51. The Balaban J connectivity index is 1.90. The van der Waals surface area contributed by atoms with E-state index in [1.807, 2.05) is 11.1 Å². The molecular weight excluding hydrogens is 300 g/mol. The molecule has 1 fully saturated rings. The van der Waals surface area contributed by atoms with Gasteiger partial charge in [0, 0.05) is 5.41 Å². The molecule has 0 N–H and O–H groups in total. The van der Waals surface area contributed by atoms with Gasteiger partial charge >= 0.3 is 0 Å². The molecule has 0 saturated heterocycles. The minimum absolute atomic E-state index is 0.289. The van der Waals surface area contributed by atoms with E-state index in [1.54, 1.807) is 0 Å². The summed E-state index contributed by atoms with van der Waals surface area (Å²) in [7, 11) is 0. The predicted molar refractivity (Wildman–Crippen MR) is 111 cm³/mol. The highest BCUT2D eigenvalue weighted by molar-refractivity contribution is 5.74. The smallest absolute Gasteiger partial charge is 0.0195 e. The maximum atomic E-state index is 4.68. The van der Waals surface area contributed by atoms with Crippen molar-refractivity contribution < 1.29 is 0 Å². The first-order valence-electron chi connectivity index (χ1n) is 10.7. The quantitative estimate of drug-likeness (QED) is 0.317. The largest absolute Gasteiger partial charge is 0.0943 e. The Morgan fingerprint density at radius 1 is 1.04 bits per heavy atom. The molecule has 136 valence electrons. The zero-order valence-corrected chi connectivity index (χ0v) is 16.4. The molecule has 2 aliphatic carbocycles. The molecule has 2 aliphatic rings. The summed E-state index contributed by atoms with van der Waals surface area (Å²) in [5.41, 5.74) is 6.71. The third-order valence-electron chi connectivity index (χ3n) is 6.77. The summed E-state index contributed by atoms with van der Waals surface area (Å²) in [6.07, 6.45) is 14.9. The van der Waals surface area contributed by atoms with Crippen LogP contribution in [-0.2, 0) is 0 Å². The van der Waals surface area contributed by atoms with Gasteiger partial charge < -0.3 is 0 Å². The third-order valence-corrected chi connectivity index (χ3v) is 6.77. The summed E-state index contributed by atoms with van der Waals surface area (Å²) in [5, 5.41) is 0. The van der Waals surface area contributed by atoms with E-state index in [2.05, 4.69) is 50.8 Å². The van der Waals surface area contributed by atoms with Gasteiger partial charge in [0.2, 0.25) is 0 Å². The van der Waals surface area contributed by atoms with Crippen LogP contribution in [0.1, 0.15) is 90.0 Å². The van der Waals surface area contributed by atoms with Crippen LogP contribution in [0.3, 0.4) is 0 Å². The van der Waals surface area contributed by atoms with E-state index in [1.165, 1.54) is 81.8 Å². The fraction of sp³-hybridized carbons (Fsp3) is 0.600. The second-order valence-corrected chi connectivity index (χ2v) is 8.25. The first-order chi connectivity index (χ1) is 12.2. The summed E-state index contributed by atoms with van der Waals surface area (Å²) >= 11 is 0. The fourth-order valence-electron chi connectivity index (χ4n) is 5.63. The van der Waals surface area contributed by atoms with Crippen LogP contribution in [0.4, 0.5) is 0 Å². The van der Waals surface area contributed by atoms with Gasteiger partial charge in [0.25, 0.3) is 0 Å². The standard InChI is InChI=1S/C25H36/c1-4-6-7-9-16-22-19-23-17-12-18-25(23,24(22)13-5-2)20(3)21-14-10-8-11-15-21/h8,10-11,14-15,23H,3-7,9,12-13,16-19H2,1-2H3/t23-,25+/m0/s1. The minimum Gasteiger partial charge on any atom is -0.0943 e. The lowest BCUT2D eigenvalue weighted by atomic mass is 9.67. The summed E-state index contributed by atoms with van der Waals surface area (Å²) in [4.78, 5) is 0. The second kappa shape index (κ2) is 8.39. The molecule has 1 aromatic rings. The maximum absolute atomic E-state index is 4.68. The van der Waals surface area contributed by atoms with E-state index in [0.717, 1.165) is 5.92 Å². The molecule has 25 heavy (non-hydrogen) atoms. The molecule has 0 spiro atoms. The van der Waals surface area contributed by atoms with Crippen molar-refractivity contribution in [2.45, 2.75) is 84.5 Å². The number of benzene rings is 1. The maximum Gasteiger partial charge on any atom is 0.0195 e. The highest BCUT2D eigenvalue weighted by Crippen LogP contribution is 2.64. The molecule has 0 aliphatic heterocycles. The van der Waals surface area contributed by atoms with Crippen molar-refractivity contribution >= 4 is 5.57 Å². The van der Waals surface area contributed by atoms with Crippen molar-refractivity contribution in [2.24, 2.45) is 11.3 Å². The Bertz CT molecular complexity index is 606. The predicted octanol–water partition coefficient (Wildman–Crippen LogP) is 7.96. The van der Waals surface area contributed by atoms with Crippen molar-refractivity contribution in [1.82, 2.24) is 0 Å². The van der Waals surface area contributed by atoms with E-state index in [0.29, 0.717) is 0 Å². The molecule has 0 nitrogen and oxygen atoms in total. The minimum atomic E-state index is 0.289. The molecular formula is C25H36. The Morgan fingerprint density at radius 2 is 1.84 bits per heavy atom. The van der Waals surface area contributed by atoms with E-state index >= 15 is 0 Å². The Hall–Kier alpha value is -1.30. The van der Waals surface area contributed by atoms with E-state index in [-0.39, 0.29) is 5.41 Å². The number of hydrogen-bond donors (Lipinski definition) is 0. The third kappa shape index (κ3) is 3.50. The molecule has 0 amide bonds. The van der Waals surface area contributed by atoms with Crippen LogP contribution in [0.25, 0.3) is 5.57 Å². The average Bonchev–Trinajstić information content (AvgIpc) is 3.18. The van der Waals surface area contributed by atoms with Gasteiger partial charge in [-0.1, -0.05) is 94.0 Å². The molecule has 0 heterocycles.